The minimum Gasteiger partial charge on any atom is -0.478 e. The molecule has 5 N–H and O–H groups in total. The average Bonchev–Trinajstić information content (AvgIpc) is 3.22. The molecule has 7 heteroatoms. The molecule has 1 atom stereocenters. The zero-order valence-electron chi connectivity index (χ0n) is 17.4. The molecule has 1 aliphatic carbocycles. The summed E-state index contributed by atoms with van der Waals surface area (Å²) in [7, 11) is 0. The number of nitrogens with zero attached hydrogens (tertiary/aromatic N) is 1. The van der Waals surface area contributed by atoms with Crippen molar-refractivity contribution in [1.82, 2.24) is 15.3 Å². The van der Waals surface area contributed by atoms with E-state index in [1.165, 1.54) is 0 Å². The fourth-order valence-corrected chi connectivity index (χ4v) is 4.34. The Hall–Kier alpha value is -3.19. The van der Waals surface area contributed by atoms with Crippen molar-refractivity contribution in [3.8, 4) is 0 Å². The summed E-state index contributed by atoms with van der Waals surface area (Å²) >= 11 is 0. The van der Waals surface area contributed by atoms with Crippen molar-refractivity contribution >= 4 is 22.9 Å². The van der Waals surface area contributed by atoms with Crippen molar-refractivity contribution in [3.05, 3.63) is 65.5 Å². The van der Waals surface area contributed by atoms with Gasteiger partial charge in [-0.25, -0.2) is 9.78 Å². The molecule has 1 aliphatic rings. The highest BCUT2D eigenvalue weighted by Gasteiger charge is 2.28. The van der Waals surface area contributed by atoms with E-state index in [2.05, 4.69) is 15.3 Å². The number of amides is 1. The van der Waals surface area contributed by atoms with Crippen LogP contribution in [-0.2, 0) is 11.2 Å². The van der Waals surface area contributed by atoms with Crippen LogP contribution in [0.2, 0.25) is 0 Å². The second-order valence-corrected chi connectivity index (χ2v) is 8.36. The molecule has 162 valence electrons. The molecule has 0 aliphatic heterocycles. The van der Waals surface area contributed by atoms with E-state index in [9.17, 15) is 14.7 Å². The van der Waals surface area contributed by atoms with Gasteiger partial charge in [0.1, 0.15) is 5.82 Å². The smallest absolute Gasteiger partial charge is 0.335 e. The Morgan fingerprint density at radius 2 is 1.87 bits per heavy atom. The number of carbonyl (C=O) groups is 2. The number of hydrogen-bond acceptors (Lipinski definition) is 4. The largest absolute Gasteiger partial charge is 0.478 e. The first kappa shape index (κ1) is 21.1. The van der Waals surface area contributed by atoms with Crippen LogP contribution in [0.4, 0.5) is 0 Å². The van der Waals surface area contributed by atoms with E-state index < -0.39 is 5.97 Å². The van der Waals surface area contributed by atoms with Gasteiger partial charge in [-0.15, -0.1) is 0 Å². The molecule has 0 spiro atoms. The highest BCUT2D eigenvalue weighted by atomic mass is 16.4. The lowest BCUT2D eigenvalue weighted by Gasteiger charge is -2.28. The number of carbonyl (C=O) groups excluding carboxylic acids is 1. The number of carboxylic acid groups (broad SMARTS) is 1. The Kier molecular flexibility index (Phi) is 6.32. The van der Waals surface area contributed by atoms with Gasteiger partial charge < -0.3 is 21.1 Å². The first-order valence-corrected chi connectivity index (χ1v) is 10.8. The van der Waals surface area contributed by atoms with Gasteiger partial charge in [0.2, 0.25) is 5.91 Å². The number of aromatic carboxylic acids is 1. The predicted octanol–water partition coefficient (Wildman–Crippen LogP) is 3.43. The number of benzene rings is 2. The molecule has 0 radical (unpaired) electrons. The summed E-state index contributed by atoms with van der Waals surface area (Å²) in [6.45, 7) is 0.683. The summed E-state index contributed by atoms with van der Waals surface area (Å²) in [6.07, 6.45) is 4.28. The van der Waals surface area contributed by atoms with Gasteiger partial charge in [0.15, 0.2) is 0 Å². The third kappa shape index (κ3) is 4.94. The minimum atomic E-state index is -0.992. The Morgan fingerprint density at radius 1 is 1.13 bits per heavy atom. The highest BCUT2D eigenvalue weighted by Crippen LogP contribution is 2.29. The molecule has 1 heterocycles. The maximum atomic E-state index is 13.1. The minimum absolute atomic E-state index is 0.0101. The van der Waals surface area contributed by atoms with Crippen LogP contribution in [0.25, 0.3) is 11.0 Å². The molecule has 3 aromatic rings. The molecule has 0 saturated heterocycles. The molecule has 7 nitrogen and oxygen atoms in total. The predicted molar refractivity (Wildman–Crippen MR) is 119 cm³/mol. The number of hydrogen-bond donors (Lipinski definition) is 4. The number of rotatable bonds is 7. The fraction of sp³-hybridized carbons (Fsp3) is 0.375. The van der Waals surface area contributed by atoms with Gasteiger partial charge in [-0.2, -0.15) is 0 Å². The molecule has 1 saturated carbocycles. The normalized spacial score (nSPS) is 19.8. The molecule has 1 unspecified atom stereocenters. The van der Waals surface area contributed by atoms with Crippen molar-refractivity contribution in [3.63, 3.8) is 0 Å². The number of nitrogens with two attached hydrogens (primary N) is 1. The first-order chi connectivity index (χ1) is 15.0. The van der Waals surface area contributed by atoms with Crippen LogP contribution in [0.5, 0.6) is 0 Å². The van der Waals surface area contributed by atoms with Crippen LogP contribution in [0, 0.1) is 11.8 Å². The Bertz CT molecular complexity index is 1060. The van der Waals surface area contributed by atoms with Crippen LogP contribution in [0.15, 0.2) is 48.5 Å². The molecular formula is C24H28N4O3. The number of aromatic nitrogens is 2. The molecule has 1 aromatic heterocycles. The molecule has 1 fully saturated rings. The van der Waals surface area contributed by atoms with Crippen molar-refractivity contribution in [2.45, 2.75) is 38.1 Å². The van der Waals surface area contributed by atoms with E-state index in [1.54, 1.807) is 18.2 Å². The van der Waals surface area contributed by atoms with E-state index in [0.29, 0.717) is 30.2 Å². The number of H-pyrrole nitrogens is 1. The summed E-state index contributed by atoms with van der Waals surface area (Å²) in [5.41, 5.74) is 8.38. The quantitative estimate of drug-likeness (QED) is 0.467. The lowest BCUT2D eigenvalue weighted by Crippen LogP contribution is -2.37. The molecule has 1 amide bonds. The van der Waals surface area contributed by atoms with Gasteiger partial charge in [-0.05, 0) is 68.3 Å². The van der Waals surface area contributed by atoms with Gasteiger partial charge >= 0.3 is 5.97 Å². The van der Waals surface area contributed by atoms with E-state index in [1.807, 2.05) is 30.3 Å². The monoisotopic (exact) mass is 420 g/mol. The first-order valence-electron chi connectivity index (χ1n) is 10.8. The maximum Gasteiger partial charge on any atom is 0.335 e. The Balaban J connectivity index is 1.57. The van der Waals surface area contributed by atoms with E-state index in [-0.39, 0.29) is 23.4 Å². The van der Waals surface area contributed by atoms with Gasteiger partial charge in [0.05, 0.1) is 22.6 Å². The highest BCUT2D eigenvalue weighted by molar-refractivity contribution is 5.92. The van der Waals surface area contributed by atoms with Crippen LogP contribution >= 0.6 is 0 Å². The topological polar surface area (TPSA) is 121 Å². The lowest BCUT2D eigenvalue weighted by atomic mass is 9.81. The summed E-state index contributed by atoms with van der Waals surface area (Å²) < 4.78 is 0. The summed E-state index contributed by atoms with van der Waals surface area (Å²) in [6, 6.07) is 14.4. The van der Waals surface area contributed by atoms with Gasteiger partial charge in [-0.3, -0.25) is 4.79 Å². The molecule has 2 aromatic carbocycles. The molecule has 4 rings (SSSR count). The van der Waals surface area contributed by atoms with E-state index >= 15 is 0 Å². The lowest BCUT2D eigenvalue weighted by molar-refractivity contribution is -0.127. The molecular weight excluding hydrogens is 392 g/mol. The SMILES string of the molecule is NCC1CCC(C(=O)NC(Cc2ccccc2)c2nc3cc(C(=O)O)ccc3[nH]2)CC1. The second-order valence-electron chi connectivity index (χ2n) is 8.36. The fourth-order valence-electron chi connectivity index (χ4n) is 4.34. The molecule has 31 heavy (non-hydrogen) atoms. The van der Waals surface area contributed by atoms with Crippen LogP contribution in [0.3, 0.4) is 0 Å². The van der Waals surface area contributed by atoms with Crippen LogP contribution in [0.1, 0.15) is 53.5 Å². The van der Waals surface area contributed by atoms with Gasteiger partial charge in [-0.1, -0.05) is 30.3 Å². The van der Waals surface area contributed by atoms with E-state index in [4.69, 9.17) is 5.73 Å². The average molecular weight is 421 g/mol. The van der Waals surface area contributed by atoms with Crippen molar-refractivity contribution in [2.24, 2.45) is 17.6 Å². The number of aromatic amines is 1. The summed E-state index contributed by atoms with van der Waals surface area (Å²) in [5.74, 6) is 0.189. The zero-order valence-corrected chi connectivity index (χ0v) is 17.4. The number of nitrogens with one attached hydrogen (secondary N) is 2. The standard InChI is InChI=1S/C24H28N4O3/c25-14-16-6-8-17(9-7-16)23(29)28-21(12-15-4-2-1-3-5-15)22-26-19-11-10-18(24(30)31)13-20(19)27-22/h1-5,10-11,13,16-17,21H,6-9,12,14,25H2,(H,26,27)(H,28,29)(H,30,31). The van der Waals surface area contributed by atoms with Crippen molar-refractivity contribution in [2.75, 3.05) is 6.54 Å². The third-order valence-electron chi connectivity index (χ3n) is 6.23. The Morgan fingerprint density at radius 3 is 2.55 bits per heavy atom. The third-order valence-corrected chi connectivity index (χ3v) is 6.23. The number of imidazole rings is 1. The van der Waals surface area contributed by atoms with Crippen LogP contribution in [-0.4, -0.2) is 33.5 Å². The molecule has 0 bridgehead atoms. The van der Waals surface area contributed by atoms with E-state index in [0.717, 1.165) is 36.8 Å². The second kappa shape index (κ2) is 9.31. The zero-order chi connectivity index (χ0) is 21.8. The number of carboxylic acids is 1. The number of fused-ring (bicyclic) bond motifs is 1. The maximum absolute atomic E-state index is 13.1. The van der Waals surface area contributed by atoms with Crippen molar-refractivity contribution in [1.29, 1.82) is 0 Å². The summed E-state index contributed by atoms with van der Waals surface area (Å²) in [5, 5.41) is 12.5. The van der Waals surface area contributed by atoms with Crippen molar-refractivity contribution < 1.29 is 14.7 Å². The Labute approximate surface area is 181 Å². The van der Waals surface area contributed by atoms with Gasteiger partial charge in [0, 0.05) is 5.92 Å². The van der Waals surface area contributed by atoms with Gasteiger partial charge in [0.25, 0.3) is 0 Å². The summed E-state index contributed by atoms with van der Waals surface area (Å²) in [4.78, 5) is 32.2. The van der Waals surface area contributed by atoms with Crippen LogP contribution < -0.4 is 11.1 Å².